The van der Waals surface area contributed by atoms with E-state index < -0.39 is 5.76 Å². The highest BCUT2D eigenvalue weighted by Crippen LogP contribution is 2.13. The zero-order chi connectivity index (χ0) is 12.4. The lowest BCUT2D eigenvalue weighted by Crippen LogP contribution is -2.23. The maximum Gasteiger partial charge on any atom is 0.417 e. The third-order valence-corrected chi connectivity index (χ3v) is 2.43. The number of nitrogens with one attached hydrogen (secondary N) is 1. The molecule has 5 nitrogen and oxygen atoms in total. The summed E-state index contributed by atoms with van der Waals surface area (Å²) < 4.78 is 4.91. The van der Waals surface area contributed by atoms with Gasteiger partial charge in [0, 0.05) is 6.54 Å². The Balaban J connectivity index is 2.18. The Kier molecular flexibility index (Phi) is 3.10. The molecule has 2 rings (SSSR count). The molecule has 17 heavy (non-hydrogen) atoms. The van der Waals surface area contributed by atoms with Crippen molar-refractivity contribution >= 4 is 16.9 Å². The van der Waals surface area contributed by atoms with Gasteiger partial charge in [-0.2, -0.15) is 0 Å². The molecule has 0 aliphatic heterocycles. The molecule has 0 aliphatic rings. The summed E-state index contributed by atoms with van der Waals surface area (Å²) in [4.78, 5) is 26.5. The zero-order valence-electron chi connectivity index (χ0n) is 9.82. The van der Waals surface area contributed by atoms with Gasteiger partial charge in [-0.25, -0.2) is 4.79 Å². The number of oxazole rings is 1. The first-order chi connectivity index (χ1) is 8.04. The fraction of sp³-hybridized carbons (Fsp3) is 0.333. The summed E-state index contributed by atoms with van der Waals surface area (Å²) in [6.45, 7) is 2.63. The Hall–Kier alpha value is -1.88. The van der Waals surface area contributed by atoms with Crippen molar-refractivity contribution in [2.45, 2.75) is 13.5 Å². The largest absolute Gasteiger partial charge is 0.417 e. The van der Waals surface area contributed by atoms with Crippen LogP contribution in [0, 0.1) is 0 Å². The molecule has 1 aromatic carbocycles. The van der Waals surface area contributed by atoms with Crippen molar-refractivity contribution < 1.29 is 9.21 Å². The average Bonchev–Trinajstić information content (AvgIpc) is 2.55. The highest BCUT2D eigenvalue weighted by Gasteiger charge is 2.05. The normalized spacial score (nSPS) is 11.2. The summed E-state index contributed by atoms with van der Waals surface area (Å²) in [6.07, 6.45) is 0. The Morgan fingerprint density at radius 2 is 2.24 bits per heavy atom. The number of benzene rings is 1. The number of aromatic nitrogens is 1. The molecule has 0 amide bonds. The van der Waals surface area contributed by atoms with Crippen LogP contribution < -0.4 is 5.76 Å². The SMILES string of the molecule is CC(=O)CN(C)Cc1ccc2oc(=O)[nH]c2c1. The van der Waals surface area contributed by atoms with E-state index in [1.54, 1.807) is 13.0 Å². The van der Waals surface area contributed by atoms with Gasteiger partial charge in [-0.1, -0.05) is 6.07 Å². The number of Topliss-reactive ketones (excluding diaryl/α,β-unsaturated/α-hetero) is 1. The van der Waals surface area contributed by atoms with Gasteiger partial charge in [0.2, 0.25) is 0 Å². The Bertz CT molecular complexity index is 597. The molecular weight excluding hydrogens is 220 g/mol. The Labute approximate surface area is 98.0 Å². The van der Waals surface area contributed by atoms with Gasteiger partial charge in [-0.05, 0) is 31.7 Å². The topological polar surface area (TPSA) is 66.3 Å². The minimum Gasteiger partial charge on any atom is -0.408 e. The maximum atomic E-state index is 11.0. The zero-order valence-corrected chi connectivity index (χ0v) is 9.82. The number of fused-ring (bicyclic) bond motifs is 1. The molecule has 0 radical (unpaired) electrons. The number of carbonyl (C=O) groups is 1. The number of likely N-dealkylation sites (N-methyl/N-ethyl adjacent to an activating group) is 1. The summed E-state index contributed by atoms with van der Waals surface area (Å²) in [5.41, 5.74) is 2.26. The van der Waals surface area contributed by atoms with E-state index in [1.807, 2.05) is 24.1 Å². The van der Waals surface area contributed by atoms with Crippen LogP contribution in [0.15, 0.2) is 27.4 Å². The molecule has 0 saturated heterocycles. The number of H-pyrrole nitrogens is 1. The number of carbonyl (C=O) groups excluding carboxylic acids is 1. The van der Waals surface area contributed by atoms with Crippen LogP contribution >= 0.6 is 0 Å². The Morgan fingerprint density at radius 3 is 2.94 bits per heavy atom. The molecule has 0 saturated carbocycles. The molecule has 0 spiro atoms. The molecule has 0 fully saturated rings. The number of hydrogen-bond acceptors (Lipinski definition) is 4. The quantitative estimate of drug-likeness (QED) is 0.861. The fourth-order valence-electron chi connectivity index (χ4n) is 1.85. The first kappa shape index (κ1) is 11.6. The van der Waals surface area contributed by atoms with Gasteiger partial charge in [0.05, 0.1) is 12.1 Å². The van der Waals surface area contributed by atoms with Crippen LogP contribution in [0.2, 0.25) is 0 Å². The van der Waals surface area contributed by atoms with E-state index in [9.17, 15) is 9.59 Å². The van der Waals surface area contributed by atoms with Gasteiger partial charge < -0.3 is 4.42 Å². The summed E-state index contributed by atoms with van der Waals surface area (Å²) in [5.74, 6) is -0.320. The van der Waals surface area contributed by atoms with Crippen molar-refractivity contribution in [3.63, 3.8) is 0 Å². The summed E-state index contributed by atoms with van der Waals surface area (Å²) in [7, 11) is 1.88. The van der Waals surface area contributed by atoms with Crippen molar-refractivity contribution in [1.29, 1.82) is 0 Å². The molecule has 0 aliphatic carbocycles. The van der Waals surface area contributed by atoms with Gasteiger partial charge >= 0.3 is 5.76 Å². The number of hydrogen-bond donors (Lipinski definition) is 1. The van der Waals surface area contributed by atoms with Gasteiger partial charge in [-0.15, -0.1) is 0 Å². The van der Waals surface area contributed by atoms with Crippen molar-refractivity contribution in [3.8, 4) is 0 Å². The monoisotopic (exact) mass is 234 g/mol. The van der Waals surface area contributed by atoms with E-state index in [1.165, 1.54) is 0 Å². The number of ketones is 1. The third-order valence-electron chi connectivity index (χ3n) is 2.43. The van der Waals surface area contributed by atoms with Crippen molar-refractivity contribution in [2.75, 3.05) is 13.6 Å². The molecular formula is C12H14N2O3. The second-order valence-electron chi connectivity index (χ2n) is 4.22. The van der Waals surface area contributed by atoms with E-state index in [0.29, 0.717) is 24.2 Å². The van der Waals surface area contributed by atoms with Crippen molar-refractivity contribution in [2.24, 2.45) is 0 Å². The summed E-state index contributed by atoms with van der Waals surface area (Å²) >= 11 is 0. The summed E-state index contributed by atoms with van der Waals surface area (Å²) in [5, 5.41) is 0. The molecule has 90 valence electrons. The van der Waals surface area contributed by atoms with E-state index in [-0.39, 0.29) is 5.78 Å². The standard InChI is InChI=1S/C12H14N2O3/c1-8(15)6-14(2)7-9-3-4-11-10(5-9)13-12(16)17-11/h3-5H,6-7H2,1-2H3,(H,13,16). The summed E-state index contributed by atoms with van der Waals surface area (Å²) in [6, 6.07) is 5.50. The molecule has 0 unspecified atom stereocenters. The Morgan fingerprint density at radius 1 is 1.47 bits per heavy atom. The van der Waals surface area contributed by atoms with Crippen molar-refractivity contribution in [1.82, 2.24) is 9.88 Å². The van der Waals surface area contributed by atoms with E-state index in [4.69, 9.17) is 4.42 Å². The van der Waals surface area contributed by atoms with Crippen LogP contribution in [0.4, 0.5) is 0 Å². The predicted molar refractivity (Wildman–Crippen MR) is 63.8 cm³/mol. The lowest BCUT2D eigenvalue weighted by molar-refractivity contribution is -0.117. The van der Waals surface area contributed by atoms with E-state index >= 15 is 0 Å². The first-order valence-electron chi connectivity index (χ1n) is 5.34. The van der Waals surface area contributed by atoms with Gasteiger partial charge in [0.15, 0.2) is 5.58 Å². The number of rotatable bonds is 4. The smallest absolute Gasteiger partial charge is 0.408 e. The van der Waals surface area contributed by atoms with Crippen LogP contribution in [0.5, 0.6) is 0 Å². The maximum absolute atomic E-state index is 11.0. The van der Waals surface area contributed by atoms with Gasteiger partial charge in [0.1, 0.15) is 5.78 Å². The average molecular weight is 234 g/mol. The number of aromatic amines is 1. The molecule has 2 aromatic rings. The lowest BCUT2D eigenvalue weighted by Gasteiger charge is -2.14. The molecule has 1 aromatic heterocycles. The van der Waals surface area contributed by atoms with Gasteiger partial charge in [0.25, 0.3) is 0 Å². The van der Waals surface area contributed by atoms with Crippen LogP contribution in [0.25, 0.3) is 11.1 Å². The molecule has 1 N–H and O–H groups in total. The van der Waals surface area contributed by atoms with Crippen molar-refractivity contribution in [3.05, 3.63) is 34.3 Å². The lowest BCUT2D eigenvalue weighted by atomic mass is 10.2. The van der Waals surface area contributed by atoms with Crippen LogP contribution in [-0.2, 0) is 11.3 Å². The van der Waals surface area contributed by atoms with Gasteiger partial charge in [-0.3, -0.25) is 14.7 Å². The first-order valence-corrected chi connectivity index (χ1v) is 5.34. The highest BCUT2D eigenvalue weighted by molar-refractivity contribution is 5.77. The minimum absolute atomic E-state index is 0.130. The molecule has 5 heteroatoms. The van der Waals surface area contributed by atoms with Crippen LogP contribution in [-0.4, -0.2) is 29.3 Å². The van der Waals surface area contributed by atoms with E-state index in [0.717, 1.165) is 5.56 Å². The highest BCUT2D eigenvalue weighted by atomic mass is 16.4. The van der Waals surface area contributed by atoms with Crippen LogP contribution in [0.3, 0.4) is 0 Å². The minimum atomic E-state index is -0.450. The predicted octanol–water partition coefficient (Wildman–Crippen LogP) is 1.14. The number of nitrogens with zero attached hydrogens (tertiary/aromatic N) is 1. The second-order valence-corrected chi connectivity index (χ2v) is 4.22. The second kappa shape index (κ2) is 4.55. The van der Waals surface area contributed by atoms with E-state index in [2.05, 4.69) is 4.98 Å². The molecule has 0 atom stereocenters. The fourth-order valence-corrected chi connectivity index (χ4v) is 1.85. The third kappa shape index (κ3) is 2.82. The molecule has 0 bridgehead atoms. The molecule has 1 heterocycles. The van der Waals surface area contributed by atoms with Crippen LogP contribution in [0.1, 0.15) is 12.5 Å².